The number of halogens is 1. The standard InChI is InChI=1S/C15H15ClN2O5S/c1-9-7-11(17)13(15(21)18(9)8-12(19)20)24(22,23)14(16)10-5-3-2-4-6-10/h2-7,14H,8,17H2,1H3,(H,19,20). The Morgan fingerprint density at radius 2 is 1.92 bits per heavy atom. The first-order valence-electron chi connectivity index (χ1n) is 6.81. The SMILES string of the molecule is Cc1cc(N)c(S(=O)(=O)C(Cl)c2ccccc2)c(=O)n1CC(=O)O. The highest BCUT2D eigenvalue weighted by Gasteiger charge is 2.33. The largest absolute Gasteiger partial charge is 0.480 e. The van der Waals surface area contributed by atoms with Gasteiger partial charge in [-0.15, -0.1) is 0 Å². The van der Waals surface area contributed by atoms with Crippen LogP contribution in [0.1, 0.15) is 16.0 Å². The Hall–Kier alpha value is -2.32. The van der Waals surface area contributed by atoms with Gasteiger partial charge in [-0.05, 0) is 18.6 Å². The van der Waals surface area contributed by atoms with E-state index in [0.29, 0.717) is 0 Å². The van der Waals surface area contributed by atoms with Gasteiger partial charge in [-0.1, -0.05) is 41.9 Å². The van der Waals surface area contributed by atoms with E-state index in [1.54, 1.807) is 18.2 Å². The number of anilines is 1. The third kappa shape index (κ3) is 3.29. The Morgan fingerprint density at radius 1 is 1.33 bits per heavy atom. The molecule has 0 radical (unpaired) electrons. The number of aliphatic carboxylic acids is 1. The number of nitrogens with zero attached hydrogens (tertiary/aromatic N) is 1. The highest BCUT2D eigenvalue weighted by atomic mass is 35.5. The first-order valence-corrected chi connectivity index (χ1v) is 8.79. The molecule has 1 aromatic heterocycles. The number of benzene rings is 1. The van der Waals surface area contributed by atoms with Crippen LogP contribution in [0.15, 0.2) is 46.1 Å². The number of nitrogen functional groups attached to an aromatic ring is 1. The molecule has 0 spiro atoms. The summed E-state index contributed by atoms with van der Waals surface area (Å²) in [6.45, 7) is 0.790. The van der Waals surface area contributed by atoms with Gasteiger partial charge in [0.1, 0.15) is 6.54 Å². The van der Waals surface area contributed by atoms with Crippen LogP contribution in [0.5, 0.6) is 0 Å². The number of hydrogen-bond donors (Lipinski definition) is 2. The van der Waals surface area contributed by atoms with Crippen molar-refractivity contribution in [2.24, 2.45) is 0 Å². The number of nitrogens with two attached hydrogens (primary N) is 1. The van der Waals surface area contributed by atoms with Crippen molar-refractivity contribution in [3.63, 3.8) is 0 Å². The van der Waals surface area contributed by atoms with Crippen LogP contribution in [0.2, 0.25) is 0 Å². The minimum Gasteiger partial charge on any atom is -0.480 e. The van der Waals surface area contributed by atoms with Gasteiger partial charge >= 0.3 is 5.97 Å². The molecule has 3 N–H and O–H groups in total. The fourth-order valence-electron chi connectivity index (χ4n) is 2.28. The second kappa shape index (κ2) is 6.66. The van der Waals surface area contributed by atoms with Gasteiger partial charge in [0.2, 0.25) is 9.84 Å². The maximum atomic E-state index is 12.8. The summed E-state index contributed by atoms with van der Waals surface area (Å²) < 4.78 is 24.8. The molecule has 0 aliphatic carbocycles. The van der Waals surface area contributed by atoms with Gasteiger partial charge in [-0.3, -0.25) is 9.59 Å². The van der Waals surface area contributed by atoms with E-state index >= 15 is 0 Å². The molecule has 0 bridgehead atoms. The third-order valence-electron chi connectivity index (χ3n) is 3.40. The summed E-state index contributed by atoms with van der Waals surface area (Å²) >= 11 is 6.07. The number of rotatable bonds is 5. The van der Waals surface area contributed by atoms with E-state index < -0.39 is 37.5 Å². The smallest absolute Gasteiger partial charge is 0.323 e. The van der Waals surface area contributed by atoms with Gasteiger partial charge in [0.25, 0.3) is 5.56 Å². The molecule has 0 saturated carbocycles. The average molecular weight is 371 g/mol. The van der Waals surface area contributed by atoms with E-state index in [9.17, 15) is 18.0 Å². The molecule has 2 aromatic rings. The van der Waals surface area contributed by atoms with Crippen molar-refractivity contribution < 1.29 is 18.3 Å². The maximum Gasteiger partial charge on any atom is 0.323 e. The van der Waals surface area contributed by atoms with Gasteiger partial charge in [0.15, 0.2) is 9.60 Å². The van der Waals surface area contributed by atoms with Crippen molar-refractivity contribution in [2.45, 2.75) is 23.1 Å². The van der Waals surface area contributed by atoms with Crippen LogP contribution in [0.3, 0.4) is 0 Å². The summed E-state index contributed by atoms with van der Waals surface area (Å²) in [7, 11) is -4.31. The van der Waals surface area contributed by atoms with Crippen LogP contribution in [0, 0.1) is 6.92 Å². The van der Waals surface area contributed by atoms with Crippen molar-refractivity contribution in [3.05, 3.63) is 58.0 Å². The van der Waals surface area contributed by atoms with Crippen LogP contribution >= 0.6 is 11.6 Å². The van der Waals surface area contributed by atoms with E-state index in [-0.39, 0.29) is 16.9 Å². The molecule has 0 aliphatic rings. The van der Waals surface area contributed by atoms with Crippen molar-refractivity contribution in [1.82, 2.24) is 4.57 Å². The lowest BCUT2D eigenvalue weighted by Crippen LogP contribution is -2.32. The molecule has 0 aliphatic heterocycles. The summed E-state index contributed by atoms with van der Waals surface area (Å²) in [5, 5.41) is 8.90. The zero-order valence-corrected chi connectivity index (χ0v) is 14.2. The Balaban J connectivity index is 2.67. The molecule has 7 nitrogen and oxygen atoms in total. The van der Waals surface area contributed by atoms with E-state index in [1.165, 1.54) is 25.1 Å². The molecule has 24 heavy (non-hydrogen) atoms. The second-order valence-corrected chi connectivity index (χ2v) is 7.79. The number of sulfone groups is 1. The molecular weight excluding hydrogens is 356 g/mol. The molecule has 0 fully saturated rings. The lowest BCUT2D eigenvalue weighted by Gasteiger charge is -2.16. The monoisotopic (exact) mass is 370 g/mol. The van der Waals surface area contributed by atoms with Gasteiger partial charge < -0.3 is 15.4 Å². The Bertz CT molecular complexity index is 938. The third-order valence-corrected chi connectivity index (χ3v) is 6.16. The maximum absolute atomic E-state index is 12.8. The number of aryl methyl sites for hydroxylation is 1. The second-order valence-electron chi connectivity index (χ2n) is 5.13. The highest BCUT2D eigenvalue weighted by molar-refractivity contribution is 7.93. The number of aromatic nitrogens is 1. The summed E-state index contributed by atoms with van der Waals surface area (Å²) in [5.74, 6) is -1.28. The molecule has 1 unspecified atom stereocenters. The summed E-state index contributed by atoms with van der Waals surface area (Å²) in [5.41, 5.74) is 4.98. The molecule has 1 aromatic carbocycles. The predicted octanol–water partition coefficient (Wildman–Crippen LogP) is 1.53. The van der Waals surface area contributed by atoms with Crippen LogP contribution in [-0.2, 0) is 21.2 Å². The zero-order valence-electron chi connectivity index (χ0n) is 12.6. The number of pyridine rings is 1. The molecule has 1 heterocycles. The van der Waals surface area contributed by atoms with Gasteiger partial charge in [0, 0.05) is 5.69 Å². The lowest BCUT2D eigenvalue weighted by atomic mass is 10.2. The zero-order chi connectivity index (χ0) is 18.1. The Morgan fingerprint density at radius 3 is 2.46 bits per heavy atom. The van der Waals surface area contributed by atoms with E-state index in [1.807, 2.05) is 0 Å². The van der Waals surface area contributed by atoms with Crippen molar-refractivity contribution in [3.8, 4) is 0 Å². The molecule has 128 valence electrons. The number of hydrogen-bond acceptors (Lipinski definition) is 5. The number of carbonyl (C=O) groups is 1. The van der Waals surface area contributed by atoms with Gasteiger partial charge in [-0.25, -0.2) is 8.42 Å². The summed E-state index contributed by atoms with van der Waals surface area (Å²) in [6, 6.07) is 9.18. The quantitative estimate of drug-likeness (QED) is 0.770. The van der Waals surface area contributed by atoms with Crippen LogP contribution in [-0.4, -0.2) is 24.1 Å². The first kappa shape index (κ1) is 18.0. The number of carboxylic acids is 1. The number of carboxylic acid groups (broad SMARTS) is 1. The van der Waals surface area contributed by atoms with Gasteiger partial charge in [-0.2, -0.15) is 0 Å². The van der Waals surface area contributed by atoms with Crippen LogP contribution < -0.4 is 11.3 Å². The molecule has 2 rings (SSSR count). The van der Waals surface area contributed by atoms with Gasteiger partial charge in [0.05, 0.1) is 5.69 Å². The highest BCUT2D eigenvalue weighted by Crippen LogP contribution is 2.33. The van der Waals surface area contributed by atoms with Crippen LogP contribution in [0.4, 0.5) is 5.69 Å². The van der Waals surface area contributed by atoms with Crippen molar-refractivity contribution in [2.75, 3.05) is 5.73 Å². The topological polar surface area (TPSA) is 119 Å². The normalized spacial score (nSPS) is 12.8. The van der Waals surface area contributed by atoms with Crippen LogP contribution in [0.25, 0.3) is 0 Å². The summed E-state index contributed by atoms with van der Waals surface area (Å²) in [4.78, 5) is 22.7. The Labute approximate surface area is 143 Å². The fourth-order valence-corrected chi connectivity index (χ4v) is 4.16. The molecular formula is C15H15ClN2O5S. The minimum absolute atomic E-state index is 0.240. The molecule has 9 heteroatoms. The first-order chi connectivity index (χ1) is 11.2. The van der Waals surface area contributed by atoms with E-state index in [4.69, 9.17) is 22.4 Å². The average Bonchev–Trinajstić information content (AvgIpc) is 2.50. The van der Waals surface area contributed by atoms with Crippen molar-refractivity contribution >= 4 is 33.1 Å². The summed E-state index contributed by atoms with van der Waals surface area (Å²) in [6.07, 6.45) is 0. The number of alkyl halides is 1. The minimum atomic E-state index is -4.31. The molecule has 0 amide bonds. The lowest BCUT2D eigenvalue weighted by molar-refractivity contribution is -0.137. The Kier molecular flexibility index (Phi) is 5.00. The molecule has 1 atom stereocenters. The van der Waals surface area contributed by atoms with E-state index in [0.717, 1.165) is 4.57 Å². The fraction of sp³-hybridized carbons (Fsp3) is 0.200. The van der Waals surface area contributed by atoms with E-state index in [2.05, 4.69) is 0 Å². The predicted molar refractivity (Wildman–Crippen MR) is 89.7 cm³/mol. The molecule has 0 saturated heterocycles. The van der Waals surface area contributed by atoms with Crippen molar-refractivity contribution in [1.29, 1.82) is 0 Å².